The first-order valence-corrected chi connectivity index (χ1v) is 18.2. The van der Waals surface area contributed by atoms with Gasteiger partial charge in [-0.3, -0.25) is 13.9 Å². The molecule has 0 spiro atoms. The van der Waals surface area contributed by atoms with E-state index in [2.05, 4.69) is 10.3 Å². The summed E-state index contributed by atoms with van der Waals surface area (Å²) in [6.07, 6.45) is -4.97. The normalized spacial score (nSPS) is 23.6. The first-order chi connectivity index (χ1) is 24.9. The lowest BCUT2D eigenvalue weighted by Crippen LogP contribution is -2.51. The molecular weight excluding hydrogens is 724 g/mol. The number of sulfonamides is 1. The van der Waals surface area contributed by atoms with Crippen molar-refractivity contribution >= 4 is 44.3 Å². The fourth-order valence-corrected chi connectivity index (χ4v) is 8.26. The maximum absolute atomic E-state index is 14.8. The number of carbonyl (C=O) groups excluding carboxylic acids is 1. The highest BCUT2D eigenvalue weighted by molar-refractivity contribution is 7.92. The molecule has 0 bridgehead atoms. The highest BCUT2D eigenvalue weighted by Gasteiger charge is 2.52. The van der Waals surface area contributed by atoms with Gasteiger partial charge in [0.2, 0.25) is 5.91 Å². The van der Waals surface area contributed by atoms with Crippen molar-refractivity contribution in [1.29, 1.82) is 0 Å². The quantitative estimate of drug-likeness (QED) is 0.141. The van der Waals surface area contributed by atoms with Crippen molar-refractivity contribution in [3.63, 3.8) is 0 Å². The first kappa shape index (κ1) is 38.2. The summed E-state index contributed by atoms with van der Waals surface area (Å²) in [5.41, 5.74) is -0.0605. The third-order valence-electron chi connectivity index (χ3n) is 10.2. The predicted octanol–water partition coefficient (Wildman–Crippen LogP) is 5.44. The summed E-state index contributed by atoms with van der Waals surface area (Å²) >= 11 is 0. The number of ether oxygens (including phenoxy) is 2. The summed E-state index contributed by atoms with van der Waals surface area (Å²) < 4.78 is 95.7. The molecule has 4 aromatic rings. The zero-order chi connectivity index (χ0) is 38.5. The minimum absolute atomic E-state index is 0.00103. The Labute approximate surface area is 302 Å². The van der Waals surface area contributed by atoms with Crippen LogP contribution in [0.15, 0.2) is 65.6 Å². The van der Waals surface area contributed by atoms with Crippen molar-refractivity contribution in [2.75, 3.05) is 36.5 Å². The zero-order valence-electron chi connectivity index (χ0n) is 28.9. The third kappa shape index (κ3) is 7.74. The van der Waals surface area contributed by atoms with Gasteiger partial charge in [0, 0.05) is 45.4 Å². The van der Waals surface area contributed by atoms with Crippen LogP contribution in [-0.2, 0) is 42.3 Å². The van der Waals surface area contributed by atoms with E-state index >= 15 is 0 Å². The molecule has 1 aliphatic heterocycles. The number of amides is 1. The second-order valence-corrected chi connectivity index (χ2v) is 15.6. The highest BCUT2D eigenvalue weighted by Crippen LogP contribution is 2.48. The van der Waals surface area contributed by atoms with Crippen LogP contribution < -0.4 is 9.62 Å². The minimum Gasteiger partial charge on any atom is -0.481 e. The van der Waals surface area contributed by atoms with Gasteiger partial charge < -0.3 is 29.6 Å². The summed E-state index contributed by atoms with van der Waals surface area (Å²) in [5, 5.41) is 24.4. The Morgan fingerprint density at radius 3 is 2.45 bits per heavy atom. The van der Waals surface area contributed by atoms with E-state index < -0.39 is 75.1 Å². The molecule has 0 unspecified atom stereocenters. The van der Waals surface area contributed by atoms with Crippen molar-refractivity contribution in [3.05, 3.63) is 83.4 Å². The van der Waals surface area contributed by atoms with Crippen LogP contribution in [-0.4, -0.2) is 72.7 Å². The molecule has 6 rings (SSSR count). The lowest BCUT2D eigenvalue weighted by molar-refractivity contribution is -0.243. The van der Waals surface area contributed by atoms with E-state index in [4.69, 9.17) is 9.47 Å². The van der Waals surface area contributed by atoms with Gasteiger partial charge in [-0.2, -0.15) is 13.2 Å². The van der Waals surface area contributed by atoms with Gasteiger partial charge >= 0.3 is 12.1 Å². The lowest BCUT2D eigenvalue weighted by atomic mass is 9.66. The van der Waals surface area contributed by atoms with E-state index in [-0.39, 0.29) is 35.6 Å². The van der Waals surface area contributed by atoms with E-state index in [0.717, 1.165) is 15.9 Å². The number of rotatable bonds is 10. The number of carboxylic acid groups (broad SMARTS) is 1. The van der Waals surface area contributed by atoms with Gasteiger partial charge in [0.25, 0.3) is 10.0 Å². The van der Waals surface area contributed by atoms with Crippen molar-refractivity contribution < 1.29 is 55.3 Å². The summed E-state index contributed by atoms with van der Waals surface area (Å²) in [7, 11) is -0.895. The molecule has 1 saturated carbocycles. The number of hydrogen-bond acceptors (Lipinski definition) is 8. The average molecular weight is 763 g/mol. The largest absolute Gasteiger partial charge is 0.481 e. The van der Waals surface area contributed by atoms with E-state index in [1.165, 1.54) is 43.4 Å². The summed E-state index contributed by atoms with van der Waals surface area (Å²) in [6, 6.07) is 12.1. The van der Waals surface area contributed by atoms with Crippen LogP contribution in [0.5, 0.6) is 0 Å². The second kappa shape index (κ2) is 14.3. The number of hydrogen-bond donors (Lipinski definition) is 3. The fraction of sp³-hybridized carbons (Fsp3) is 0.417. The Morgan fingerprint density at radius 2 is 1.83 bits per heavy atom. The Bertz CT molecular complexity index is 2140. The fourth-order valence-electron chi connectivity index (χ4n) is 7.04. The number of aliphatic hydroxyl groups is 1. The summed E-state index contributed by atoms with van der Waals surface area (Å²) in [6.45, 7) is 2.71. The number of alkyl halides is 3. The average Bonchev–Trinajstić information content (AvgIpc) is 3.74. The number of carboxylic acids is 1. The smallest absolute Gasteiger partial charge is 0.416 e. The molecule has 1 aliphatic carbocycles. The van der Waals surface area contributed by atoms with Crippen molar-refractivity contribution in [2.45, 2.75) is 49.0 Å². The maximum Gasteiger partial charge on any atom is 0.416 e. The Balaban J connectivity index is 1.30. The number of carbonyl (C=O) groups is 2. The van der Waals surface area contributed by atoms with Crippen LogP contribution in [0.3, 0.4) is 0 Å². The van der Waals surface area contributed by atoms with Crippen LogP contribution in [0, 0.1) is 30.5 Å². The number of aryl methyl sites for hydroxylation is 2. The summed E-state index contributed by atoms with van der Waals surface area (Å²) in [5.74, 6) is -9.37. The van der Waals surface area contributed by atoms with Gasteiger partial charge in [0.1, 0.15) is 11.6 Å². The zero-order valence-corrected chi connectivity index (χ0v) is 29.7. The number of anilines is 2. The number of halogens is 4. The Hall–Kier alpha value is -4.58. The van der Waals surface area contributed by atoms with Gasteiger partial charge in [-0.1, -0.05) is 12.1 Å². The molecule has 2 heterocycles. The number of nitrogens with one attached hydrogen (secondary N) is 1. The Kier molecular flexibility index (Phi) is 10.3. The molecule has 12 nitrogen and oxygen atoms in total. The molecule has 0 radical (unpaired) electrons. The number of imidazole rings is 1. The summed E-state index contributed by atoms with van der Waals surface area (Å²) in [4.78, 5) is 31.0. The van der Waals surface area contributed by atoms with Crippen LogP contribution >= 0.6 is 0 Å². The SMILES string of the molecule is Cc1nc2cc(S(=O)(=O)N(C)c3ccc([C@@H]4C[C@@](O)(OC[C@H]5CCOC5)C[C@H](C(=O)Nc5ccc(C(F)(F)F)cc5F)[C@H]4C(=O)O)cc3)ccc2n1C. The molecule has 53 heavy (non-hydrogen) atoms. The van der Waals surface area contributed by atoms with E-state index in [0.29, 0.717) is 42.6 Å². The molecule has 2 fully saturated rings. The molecule has 3 N–H and O–H groups in total. The highest BCUT2D eigenvalue weighted by atomic mass is 32.2. The number of fused-ring (bicyclic) bond motifs is 1. The van der Waals surface area contributed by atoms with Crippen molar-refractivity contribution in [2.24, 2.45) is 24.8 Å². The molecule has 17 heteroatoms. The van der Waals surface area contributed by atoms with Crippen LogP contribution in [0.2, 0.25) is 0 Å². The van der Waals surface area contributed by atoms with Crippen molar-refractivity contribution in [1.82, 2.24) is 9.55 Å². The van der Waals surface area contributed by atoms with Gasteiger partial charge in [-0.05, 0) is 67.4 Å². The van der Waals surface area contributed by atoms with E-state index in [9.17, 15) is 45.8 Å². The Morgan fingerprint density at radius 1 is 1.11 bits per heavy atom. The van der Waals surface area contributed by atoms with Crippen LogP contribution in [0.4, 0.5) is 28.9 Å². The molecule has 1 amide bonds. The molecular formula is C36H38F4N4O8S. The monoisotopic (exact) mass is 762 g/mol. The molecule has 3 aromatic carbocycles. The predicted molar refractivity (Wildman–Crippen MR) is 184 cm³/mol. The number of nitrogens with zero attached hydrogens (tertiary/aromatic N) is 3. The van der Waals surface area contributed by atoms with Crippen LogP contribution in [0.25, 0.3) is 11.0 Å². The van der Waals surface area contributed by atoms with Crippen LogP contribution in [0.1, 0.15) is 42.1 Å². The van der Waals surface area contributed by atoms with Gasteiger partial charge in [-0.25, -0.2) is 17.8 Å². The molecule has 1 saturated heterocycles. The maximum atomic E-state index is 14.8. The first-order valence-electron chi connectivity index (χ1n) is 16.7. The lowest BCUT2D eigenvalue weighted by Gasteiger charge is -2.44. The van der Waals surface area contributed by atoms with E-state index in [1.54, 1.807) is 13.0 Å². The standard InChI is InChI=1S/C36H38F4N4O8S/c1-20-41-30-15-25(9-11-31(30)43(20)2)53(49,50)44(3)24-7-4-22(5-8-24)26-16-35(48,52-19-21-12-13-51-18-21)17-27(32(26)34(46)47)33(45)42-29-10-6-23(14-28(29)37)36(38,39)40/h4-11,14-15,21,26-27,32,48H,12-13,16-19H2,1-3H3,(H,42,45)(H,46,47)/t21-,26-,27-,32-,35+/m0/s1. The molecule has 2 aliphatic rings. The number of aliphatic carboxylic acids is 1. The second-order valence-electron chi connectivity index (χ2n) is 13.6. The van der Waals surface area contributed by atoms with Gasteiger partial charge in [0.05, 0.1) is 57.9 Å². The van der Waals surface area contributed by atoms with Crippen molar-refractivity contribution in [3.8, 4) is 0 Å². The van der Waals surface area contributed by atoms with Gasteiger partial charge in [-0.15, -0.1) is 0 Å². The number of aromatic nitrogens is 2. The van der Waals surface area contributed by atoms with Gasteiger partial charge in [0.15, 0.2) is 5.79 Å². The van der Waals surface area contributed by atoms with E-state index in [1.807, 2.05) is 11.6 Å². The molecule has 1 aromatic heterocycles. The minimum atomic E-state index is -4.84. The molecule has 284 valence electrons. The number of benzene rings is 3. The third-order valence-corrected chi connectivity index (χ3v) is 11.9. The molecule has 5 atom stereocenters. The topological polar surface area (TPSA) is 160 Å².